The average molecular weight is 206 g/mol. The third kappa shape index (κ3) is 1.34. The number of hydrogen-bond acceptors (Lipinski definition) is 3. The van der Waals surface area contributed by atoms with Gasteiger partial charge in [0.05, 0.1) is 13.2 Å². The number of aromatic hydroxyl groups is 1. The Labute approximate surface area is 88.6 Å². The van der Waals surface area contributed by atoms with Crippen LogP contribution in [0.15, 0.2) is 18.2 Å². The summed E-state index contributed by atoms with van der Waals surface area (Å²) >= 11 is 0. The normalized spacial score (nSPS) is 29.3. The van der Waals surface area contributed by atoms with Crippen LogP contribution in [0.3, 0.4) is 0 Å². The molecule has 1 fully saturated rings. The molecule has 2 aliphatic rings. The molecule has 80 valence electrons. The van der Waals surface area contributed by atoms with E-state index in [4.69, 9.17) is 9.47 Å². The second-order valence-corrected chi connectivity index (χ2v) is 4.19. The van der Waals surface area contributed by atoms with Crippen molar-refractivity contribution in [3.63, 3.8) is 0 Å². The fourth-order valence-corrected chi connectivity index (χ4v) is 2.44. The van der Waals surface area contributed by atoms with E-state index in [-0.39, 0.29) is 0 Å². The highest BCUT2D eigenvalue weighted by Crippen LogP contribution is 2.44. The molecular formula is C12H14O3. The van der Waals surface area contributed by atoms with Crippen LogP contribution >= 0.6 is 0 Å². The van der Waals surface area contributed by atoms with Crippen molar-refractivity contribution in [3.05, 3.63) is 29.3 Å². The Morgan fingerprint density at radius 2 is 2.13 bits per heavy atom. The summed E-state index contributed by atoms with van der Waals surface area (Å²) < 4.78 is 11.6. The Hall–Kier alpha value is -1.06. The first-order valence-electron chi connectivity index (χ1n) is 5.40. The highest BCUT2D eigenvalue weighted by molar-refractivity contribution is 5.39. The zero-order chi connectivity index (χ0) is 10.3. The fraction of sp³-hybridized carbons (Fsp3) is 0.500. The summed E-state index contributed by atoms with van der Waals surface area (Å²) in [6.07, 6.45) is 3.17. The number of rotatable bonds is 0. The lowest BCUT2D eigenvalue weighted by Crippen LogP contribution is -2.32. The molecule has 1 aromatic rings. The number of phenolic OH excluding ortho intramolecular Hbond substituents is 1. The molecule has 2 heterocycles. The number of phenols is 1. The predicted octanol–water partition coefficient (Wildman–Crippen LogP) is 2.28. The largest absolute Gasteiger partial charge is 0.508 e. The van der Waals surface area contributed by atoms with Crippen molar-refractivity contribution in [1.82, 2.24) is 0 Å². The van der Waals surface area contributed by atoms with E-state index < -0.39 is 5.79 Å². The van der Waals surface area contributed by atoms with Crippen molar-refractivity contribution in [1.29, 1.82) is 0 Å². The van der Waals surface area contributed by atoms with Crippen LogP contribution in [0, 0.1) is 0 Å². The Bertz CT molecular complexity index is 380. The Kier molecular flexibility index (Phi) is 1.97. The Balaban J connectivity index is 2.03. The van der Waals surface area contributed by atoms with Crippen LogP contribution in [0.25, 0.3) is 0 Å². The average Bonchev–Trinajstić information content (AvgIpc) is 2.58. The van der Waals surface area contributed by atoms with Gasteiger partial charge in [-0.25, -0.2) is 0 Å². The van der Waals surface area contributed by atoms with Crippen molar-refractivity contribution in [2.24, 2.45) is 0 Å². The SMILES string of the molecule is Oc1ccc2c(c1)COC21CCCCO1. The summed E-state index contributed by atoms with van der Waals surface area (Å²) in [6, 6.07) is 5.39. The maximum atomic E-state index is 9.39. The molecule has 1 N–H and O–H groups in total. The van der Waals surface area contributed by atoms with Crippen LogP contribution in [0.4, 0.5) is 0 Å². The van der Waals surface area contributed by atoms with Gasteiger partial charge in [0.2, 0.25) is 0 Å². The van der Waals surface area contributed by atoms with Crippen LogP contribution in [0.2, 0.25) is 0 Å². The molecule has 3 nitrogen and oxygen atoms in total. The molecular weight excluding hydrogens is 192 g/mol. The van der Waals surface area contributed by atoms with Gasteiger partial charge in [-0.3, -0.25) is 0 Å². The number of benzene rings is 1. The van der Waals surface area contributed by atoms with E-state index in [2.05, 4.69) is 0 Å². The minimum absolute atomic E-state index is 0.296. The molecule has 3 rings (SSSR count). The minimum atomic E-state index is -0.513. The summed E-state index contributed by atoms with van der Waals surface area (Å²) in [7, 11) is 0. The van der Waals surface area contributed by atoms with Crippen molar-refractivity contribution in [2.45, 2.75) is 31.7 Å². The topological polar surface area (TPSA) is 38.7 Å². The third-order valence-corrected chi connectivity index (χ3v) is 3.20. The Morgan fingerprint density at radius 3 is 2.93 bits per heavy atom. The molecule has 1 spiro atoms. The van der Waals surface area contributed by atoms with E-state index in [0.717, 1.165) is 37.0 Å². The smallest absolute Gasteiger partial charge is 0.195 e. The molecule has 0 bridgehead atoms. The first-order valence-corrected chi connectivity index (χ1v) is 5.40. The Morgan fingerprint density at radius 1 is 1.20 bits per heavy atom. The number of fused-ring (bicyclic) bond motifs is 2. The molecule has 1 atom stereocenters. The minimum Gasteiger partial charge on any atom is -0.508 e. The van der Waals surface area contributed by atoms with Gasteiger partial charge < -0.3 is 14.6 Å². The molecule has 0 aliphatic carbocycles. The molecule has 0 saturated carbocycles. The van der Waals surface area contributed by atoms with E-state index in [1.807, 2.05) is 6.07 Å². The van der Waals surface area contributed by atoms with Crippen molar-refractivity contribution >= 4 is 0 Å². The standard InChI is InChI=1S/C12H14O3/c13-10-3-4-11-9(7-10)8-15-12(11)5-1-2-6-14-12/h3-4,7,13H,1-2,5-6,8H2. The molecule has 0 radical (unpaired) electrons. The maximum Gasteiger partial charge on any atom is 0.195 e. The lowest BCUT2D eigenvalue weighted by molar-refractivity contribution is -0.257. The van der Waals surface area contributed by atoms with E-state index in [9.17, 15) is 5.11 Å². The van der Waals surface area contributed by atoms with Crippen LogP contribution in [0.5, 0.6) is 5.75 Å². The van der Waals surface area contributed by atoms with Gasteiger partial charge in [-0.15, -0.1) is 0 Å². The molecule has 1 saturated heterocycles. The van der Waals surface area contributed by atoms with Gasteiger partial charge in [-0.1, -0.05) is 0 Å². The monoisotopic (exact) mass is 206 g/mol. The van der Waals surface area contributed by atoms with Crippen molar-refractivity contribution in [3.8, 4) is 5.75 Å². The van der Waals surface area contributed by atoms with Crippen LogP contribution in [-0.2, 0) is 21.9 Å². The fourth-order valence-electron chi connectivity index (χ4n) is 2.44. The summed E-state index contributed by atoms with van der Waals surface area (Å²) in [4.78, 5) is 0. The van der Waals surface area contributed by atoms with Crippen LogP contribution < -0.4 is 0 Å². The van der Waals surface area contributed by atoms with Gasteiger partial charge in [0.15, 0.2) is 5.79 Å². The summed E-state index contributed by atoms with van der Waals surface area (Å²) in [5.41, 5.74) is 2.15. The van der Waals surface area contributed by atoms with Crippen molar-refractivity contribution < 1.29 is 14.6 Å². The second kappa shape index (κ2) is 3.22. The molecule has 2 aliphatic heterocycles. The van der Waals surface area contributed by atoms with E-state index in [0.29, 0.717) is 12.4 Å². The van der Waals surface area contributed by atoms with Gasteiger partial charge in [-0.2, -0.15) is 0 Å². The maximum absolute atomic E-state index is 9.39. The quantitative estimate of drug-likeness (QED) is 0.707. The van der Waals surface area contributed by atoms with Crippen LogP contribution in [-0.4, -0.2) is 11.7 Å². The second-order valence-electron chi connectivity index (χ2n) is 4.19. The van der Waals surface area contributed by atoms with Gasteiger partial charge in [0.1, 0.15) is 5.75 Å². The van der Waals surface area contributed by atoms with Gasteiger partial charge in [0.25, 0.3) is 0 Å². The lowest BCUT2D eigenvalue weighted by atomic mass is 9.96. The highest BCUT2D eigenvalue weighted by atomic mass is 16.7. The molecule has 15 heavy (non-hydrogen) atoms. The third-order valence-electron chi connectivity index (χ3n) is 3.20. The molecule has 0 aromatic heterocycles. The zero-order valence-corrected chi connectivity index (χ0v) is 8.53. The van der Waals surface area contributed by atoms with Crippen molar-refractivity contribution in [2.75, 3.05) is 6.61 Å². The first kappa shape index (κ1) is 9.19. The van der Waals surface area contributed by atoms with Gasteiger partial charge in [-0.05, 0) is 36.6 Å². The van der Waals surface area contributed by atoms with Gasteiger partial charge >= 0.3 is 0 Å². The molecule has 1 aromatic carbocycles. The molecule has 1 unspecified atom stereocenters. The molecule has 3 heteroatoms. The lowest BCUT2D eigenvalue weighted by Gasteiger charge is -2.33. The summed E-state index contributed by atoms with van der Waals surface area (Å²) in [5.74, 6) is -0.216. The predicted molar refractivity (Wildman–Crippen MR) is 54.4 cm³/mol. The number of hydrogen-bond donors (Lipinski definition) is 1. The summed E-state index contributed by atoms with van der Waals surface area (Å²) in [6.45, 7) is 1.31. The zero-order valence-electron chi connectivity index (χ0n) is 8.53. The van der Waals surface area contributed by atoms with E-state index in [1.165, 1.54) is 0 Å². The number of ether oxygens (including phenoxy) is 2. The van der Waals surface area contributed by atoms with E-state index in [1.54, 1.807) is 12.1 Å². The first-order chi connectivity index (χ1) is 7.30. The highest BCUT2D eigenvalue weighted by Gasteiger charge is 2.42. The van der Waals surface area contributed by atoms with E-state index >= 15 is 0 Å². The van der Waals surface area contributed by atoms with Crippen LogP contribution in [0.1, 0.15) is 30.4 Å². The van der Waals surface area contributed by atoms with Gasteiger partial charge in [0, 0.05) is 12.0 Å². The molecule has 0 amide bonds. The summed E-state index contributed by atoms with van der Waals surface area (Å²) in [5, 5.41) is 9.39.